The van der Waals surface area contributed by atoms with E-state index in [2.05, 4.69) is 26.6 Å². The van der Waals surface area contributed by atoms with Gasteiger partial charge in [0.2, 0.25) is 5.91 Å². The van der Waals surface area contributed by atoms with Crippen molar-refractivity contribution in [3.05, 3.63) is 33.1 Å². The molecular formula is C9H9BrN2O3. The van der Waals surface area contributed by atoms with Crippen molar-refractivity contribution >= 4 is 27.5 Å². The van der Waals surface area contributed by atoms with E-state index < -0.39 is 0 Å². The van der Waals surface area contributed by atoms with Crippen molar-refractivity contribution < 1.29 is 9.63 Å². The van der Waals surface area contributed by atoms with E-state index in [0.29, 0.717) is 10.0 Å². The maximum absolute atomic E-state index is 10.5. The van der Waals surface area contributed by atoms with Gasteiger partial charge in [0.15, 0.2) is 0 Å². The molecule has 0 radical (unpaired) electrons. The Morgan fingerprint density at radius 3 is 2.93 bits per heavy atom. The second-order valence-corrected chi connectivity index (χ2v) is 3.63. The van der Waals surface area contributed by atoms with Gasteiger partial charge in [0, 0.05) is 17.0 Å². The average molecular weight is 273 g/mol. The number of carbonyl (C=O) groups excluding carboxylic acids is 1. The van der Waals surface area contributed by atoms with Gasteiger partial charge >= 0.3 is 0 Å². The van der Waals surface area contributed by atoms with E-state index in [0.717, 1.165) is 0 Å². The van der Waals surface area contributed by atoms with Gasteiger partial charge in [0.1, 0.15) is 12.3 Å². The lowest BCUT2D eigenvalue weighted by atomic mass is 10.2. The Labute approximate surface area is 94.9 Å². The number of halogens is 1. The van der Waals surface area contributed by atoms with Gasteiger partial charge in [-0.25, -0.2) is 5.48 Å². The highest BCUT2D eigenvalue weighted by Gasteiger charge is 2.07. The third kappa shape index (κ3) is 3.41. The molecule has 1 N–H and O–H groups in total. The highest BCUT2D eigenvalue weighted by Crippen LogP contribution is 2.27. The van der Waals surface area contributed by atoms with Crippen LogP contribution in [0, 0.1) is 4.91 Å². The van der Waals surface area contributed by atoms with E-state index in [1.165, 1.54) is 6.92 Å². The van der Waals surface area contributed by atoms with Gasteiger partial charge in [-0.2, -0.15) is 0 Å². The summed E-state index contributed by atoms with van der Waals surface area (Å²) in [7, 11) is 0. The molecule has 6 heteroatoms. The molecule has 0 unspecified atom stereocenters. The van der Waals surface area contributed by atoms with Gasteiger partial charge in [0.25, 0.3) is 0 Å². The zero-order valence-corrected chi connectivity index (χ0v) is 9.58. The van der Waals surface area contributed by atoms with Crippen LogP contribution in [0.4, 0.5) is 5.69 Å². The molecular weight excluding hydrogens is 264 g/mol. The van der Waals surface area contributed by atoms with Crippen LogP contribution in [0.2, 0.25) is 0 Å². The first-order valence-electron chi connectivity index (χ1n) is 4.14. The van der Waals surface area contributed by atoms with Crippen LogP contribution >= 0.6 is 15.9 Å². The Balaban J connectivity index is 2.74. The van der Waals surface area contributed by atoms with Gasteiger partial charge in [-0.1, -0.05) is 22.0 Å². The van der Waals surface area contributed by atoms with E-state index in [1.54, 1.807) is 18.2 Å². The molecule has 1 aromatic rings. The molecule has 0 aromatic heterocycles. The molecule has 0 heterocycles. The molecule has 0 saturated heterocycles. The van der Waals surface area contributed by atoms with Crippen LogP contribution in [0.5, 0.6) is 0 Å². The summed E-state index contributed by atoms with van der Waals surface area (Å²) in [6, 6.07) is 5.04. The second kappa shape index (κ2) is 5.57. The van der Waals surface area contributed by atoms with Gasteiger partial charge < -0.3 is 0 Å². The molecule has 0 bridgehead atoms. The predicted octanol–water partition coefficient (Wildman–Crippen LogP) is 2.41. The molecule has 0 saturated carbocycles. The molecule has 1 rings (SSSR count). The summed E-state index contributed by atoms with van der Waals surface area (Å²) in [5.41, 5.74) is 3.05. The normalized spacial score (nSPS) is 9.73. The number of rotatable bonds is 4. The summed E-state index contributed by atoms with van der Waals surface area (Å²) >= 11 is 3.26. The predicted molar refractivity (Wildman–Crippen MR) is 58.2 cm³/mol. The SMILES string of the molecule is CC(=O)NOCc1c(Br)cccc1N=O. The van der Waals surface area contributed by atoms with Crippen LogP contribution in [0.15, 0.2) is 27.8 Å². The van der Waals surface area contributed by atoms with Crippen LogP contribution in [0.3, 0.4) is 0 Å². The van der Waals surface area contributed by atoms with E-state index in [9.17, 15) is 9.70 Å². The van der Waals surface area contributed by atoms with E-state index in [1.807, 2.05) is 0 Å². The fourth-order valence-electron chi connectivity index (χ4n) is 0.986. The highest BCUT2D eigenvalue weighted by molar-refractivity contribution is 9.10. The minimum atomic E-state index is -0.303. The Bertz CT molecular complexity index is 382. The summed E-state index contributed by atoms with van der Waals surface area (Å²) in [5.74, 6) is -0.303. The van der Waals surface area contributed by atoms with Crippen molar-refractivity contribution in [2.45, 2.75) is 13.5 Å². The lowest BCUT2D eigenvalue weighted by Gasteiger charge is -2.06. The Morgan fingerprint density at radius 2 is 2.33 bits per heavy atom. The number of benzene rings is 1. The molecule has 1 aromatic carbocycles. The molecule has 0 spiro atoms. The maximum Gasteiger partial charge on any atom is 0.240 e. The average Bonchev–Trinajstić information content (AvgIpc) is 2.20. The molecule has 0 aliphatic heterocycles. The first-order valence-corrected chi connectivity index (χ1v) is 4.93. The molecule has 1 amide bonds. The fourth-order valence-corrected chi connectivity index (χ4v) is 1.46. The molecule has 0 atom stereocenters. The van der Waals surface area contributed by atoms with Crippen molar-refractivity contribution in [1.82, 2.24) is 5.48 Å². The quantitative estimate of drug-likeness (QED) is 0.676. The lowest BCUT2D eigenvalue weighted by Crippen LogP contribution is -2.19. The summed E-state index contributed by atoms with van der Waals surface area (Å²) < 4.78 is 0.713. The maximum atomic E-state index is 10.5. The zero-order valence-electron chi connectivity index (χ0n) is 7.99. The lowest BCUT2D eigenvalue weighted by molar-refractivity contribution is -0.132. The van der Waals surface area contributed by atoms with Crippen molar-refractivity contribution in [3.8, 4) is 0 Å². The van der Waals surface area contributed by atoms with Crippen LogP contribution in [0.25, 0.3) is 0 Å². The summed E-state index contributed by atoms with van der Waals surface area (Å²) in [6.07, 6.45) is 0. The number of hydrogen-bond donors (Lipinski definition) is 1. The number of nitroso groups, excluding NO2 is 1. The Morgan fingerprint density at radius 1 is 1.60 bits per heavy atom. The van der Waals surface area contributed by atoms with Gasteiger partial charge in [-0.3, -0.25) is 9.63 Å². The summed E-state index contributed by atoms with van der Waals surface area (Å²) in [6.45, 7) is 1.42. The van der Waals surface area contributed by atoms with E-state index >= 15 is 0 Å². The van der Waals surface area contributed by atoms with Gasteiger partial charge in [-0.05, 0) is 17.3 Å². The summed E-state index contributed by atoms with van der Waals surface area (Å²) in [5, 5.41) is 2.86. The number of hydrogen-bond acceptors (Lipinski definition) is 4. The highest BCUT2D eigenvalue weighted by atomic mass is 79.9. The largest absolute Gasteiger partial charge is 0.273 e. The van der Waals surface area contributed by atoms with Crippen LogP contribution < -0.4 is 5.48 Å². The standard InChI is InChI=1S/C9H9BrN2O3/c1-6(13)12-15-5-7-8(10)3-2-4-9(7)11-14/h2-4H,5H2,1H3,(H,12,13). The molecule has 5 nitrogen and oxygen atoms in total. The molecule has 0 fully saturated rings. The van der Waals surface area contributed by atoms with Crippen molar-refractivity contribution in [1.29, 1.82) is 0 Å². The van der Waals surface area contributed by atoms with Gasteiger partial charge in [-0.15, -0.1) is 4.91 Å². The van der Waals surface area contributed by atoms with Crippen molar-refractivity contribution in [2.75, 3.05) is 0 Å². The van der Waals surface area contributed by atoms with Crippen LogP contribution in [-0.4, -0.2) is 5.91 Å². The Kier molecular flexibility index (Phi) is 4.38. The third-order valence-electron chi connectivity index (χ3n) is 1.62. The zero-order chi connectivity index (χ0) is 11.3. The Hall–Kier alpha value is -1.27. The van der Waals surface area contributed by atoms with Crippen LogP contribution in [0.1, 0.15) is 12.5 Å². The number of nitrogens with zero attached hydrogens (tertiary/aromatic N) is 1. The third-order valence-corrected chi connectivity index (χ3v) is 2.37. The first kappa shape index (κ1) is 11.8. The number of carbonyl (C=O) groups is 1. The van der Waals surface area contributed by atoms with Gasteiger partial charge in [0.05, 0.1) is 0 Å². The molecule has 15 heavy (non-hydrogen) atoms. The van der Waals surface area contributed by atoms with E-state index in [4.69, 9.17) is 4.84 Å². The molecule has 80 valence electrons. The monoisotopic (exact) mass is 272 g/mol. The number of amides is 1. The fraction of sp³-hybridized carbons (Fsp3) is 0.222. The first-order chi connectivity index (χ1) is 7.15. The minimum absolute atomic E-state index is 0.0854. The molecule has 0 aliphatic carbocycles. The topological polar surface area (TPSA) is 67.8 Å². The van der Waals surface area contributed by atoms with Crippen LogP contribution in [-0.2, 0) is 16.2 Å². The van der Waals surface area contributed by atoms with Crippen molar-refractivity contribution in [2.24, 2.45) is 5.18 Å². The second-order valence-electron chi connectivity index (χ2n) is 2.78. The number of nitrogens with one attached hydrogen (secondary N) is 1. The summed E-state index contributed by atoms with van der Waals surface area (Å²) in [4.78, 5) is 25.9. The van der Waals surface area contributed by atoms with E-state index in [-0.39, 0.29) is 18.2 Å². The minimum Gasteiger partial charge on any atom is -0.273 e. The van der Waals surface area contributed by atoms with Crippen molar-refractivity contribution in [3.63, 3.8) is 0 Å². The molecule has 0 aliphatic rings. The number of hydroxylamine groups is 1. The smallest absolute Gasteiger partial charge is 0.240 e.